The lowest BCUT2D eigenvalue weighted by Crippen LogP contribution is -2.36. The highest BCUT2D eigenvalue weighted by molar-refractivity contribution is 5.70. The molecule has 8 nitrogen and oxygen atoms in total. The number of piperidine rings is 1. The molecule has 2 N–H and O–H groups in total. The summed E-state index contributed by atoms with van der Waals surface area (Å²) in [4.78, 5) is 15.0. The van der Waals surface area contributed by atoms with Gasteiger partial charge in [-0.3, -0.25) is 0 Å². The number of nitrogens with zero attached hydrogens (tertiary/aromatic N) is 5. The minimum absolute atomic E-state index is 0.279. The molecule has 0 atom stereocenters. The molecule has 0 aliphatic carbocycles. The van der Waals surface area contributed by atoms with E-state index in [2.05, 4.69) is 37.5 Å². The Labute approximate surface area is 165 Å². The summed E-state index contributed by atoms with van der Waals surface area (Å²) < 4.78 is 5.10. The molecule has 3 rings (SSSR count). The normalized spacial score (nSPS) is 15.5. The van der Waals surface area contributed by atoms with Gasteiger partial charge in [0.05, 0.1) is 19.0 Å². The molecule has 2 aromatic rings. The van der Waals surface area contributed by atoms with Gasteiger partial charge in [-0.05, 0) is 33.0 Å². The first-order chi connectivity index (χ1) is 13.7. The summed E-state index contributed by atoms with van der Waals surface area (Å²) in [5, 5.41) is 15.6. The fourth-order valence-corrected chi connectivity index (χ4v) is 3.02. The third-order valence-corrected chi connectivity index (χ3v) is 4.60. The van der Waals surface area contributed by atoms with Crippen molar-refractivity contribution in [1.29, 1.82) is 5.26 Å². The molecule has 1 saturated heterocycles. The first kappa shape index (κ1) is 19.7. The molecule has 0 bridgehead atoms. The average molecular weight is 379 g/mol. The molecule has 28 heavy (non-hydrogen) atoms. The molecule has 146 valence electrons. The maximum absolute atomic E-state index is 8.83. The molecule has 0 aromatic carbocycles. The number of nitriles is 1. The molecule has 1 fully saturated rings. The average Bonchev–Trinajstić information content (AvgIpc) is 2.72. The lowest BCUT2D eigenvalue weighted by atomic mass is 10.0. The zero-order valence-corrected chi connectivity index (χ0v) is 16.2. The monoisotopic (exact) mass is 379 g/mol. The number of nitrogens with one attached hydrogen (secondary N) is 2. The molecule has 8 heteroatoms. The summed E-state index contributed by atoms with van der Waals surface area (Å²) in [7, 11) is 3.83. The molecule has 0 radical (unpaired) electrons. The van der Waals surface area contributed by atoms with Crippen LogP contribution in [0.1, 0.15) is 24.1 Å². The summed E-state index contributed by atoms with van der Waals surface area (Å²) in [6.07, 6.45) is 11.0. The Balaban J connectivity index is 1.78. The van der Waals surface area contributed by atoms with Crippen LogP contribution in [-0.2, 0) is 4.74 Å². The molecule has 0 saturated carbocycles. The van der Waals surface area contributed by atoms with Crippen LogP contribution in [0.25, 0.3) is 6.08 Å². The van der Waals surface area contributed by atoms with Crippen molar-refractivity contribution in [2.75, 3.05) is 44.5 Å². The van der Waals surface area contributed by atoms with Crippen molar-refractivity contribution in [2.45, 2.75) is 18.9 Å². The van der Waals surface area contributed by atoms with E-state index in [4.69, 9.17) is 10.00 Å². The van der Waals surface area contributed by atoms with Crippen molar-refractivity contribution in [3.8, 4) is 6.07 Å². The summed E-state index contributed by atoms with van der Waals surface area (Å²) >= 11 is 0. The van der Waals surface area contributed by atoms with Crippen LogP contribution < -0.4 is 10.6 Å². The van der Waals surface area contributed by atoms with Gasteiger partial charge in [-0.1, -0.05) is 12.2 Å². The Bertz CT molecular complexity index is 837. The van der Waals surface area contributed by atoms with Gasteiger partial charge < -0.3 is 20.3 Å². The minimum Gasteiger partial charge on any atom is -0.382 e. The highest BCUT2D eigenvalue weighted by Gasteiger charge is 2.17. The topological polar surface area (TPSA) is 99.0 Å². The third kappa shape index (κ3) is 5.49. The maximum Gasteiger partial charge on any atom is 0.158 e. The van der Waals surface area contributed by atoms with E-state index in [1.165, 1.54) is 12.4 Å². The van der Waals surface area contributed by atoms with Gasteiger partial charge in [0, 0.05) is 36.7 Å². The zero-order valence-electron chi connectivity index (χ0n) is 16.2. The van der Waals surface area contributed by atoms with Crippen molar-refractivity contribution >= 4 is 23.4 Å². The molecular weight excluding hydrogens is 354 g/mol. The van der Waals surface area contributed by atoms with Crippen LogP contribution in [0.3, 0.4) is 0 Å². The number of hydrogen-bond donors (Lipinski definition) is 2. The van der Waals surface area contributed by atoms with Crippen LogP contribution in [0.2, 0.25) is 0 Å². The molecular formula is C20H25N7O. The minimum atomic E-state index is 0.279. The van der Waals surface area contributed by atoms with Crippen LogP contribution in [-0.4, -0.2) is 59.7 Å². The third-order valence-electron chi connectivity index (χ3n) is 4.60. The van der Waals surface area contributed by atoms with Gasteiger partial charge >= 0.3 is 0 Å². The second-order valence-corrected chi connectivity index (χ2v) is 6.76. The number of aromatic nitrogens is 3. The molecule has 2 aromatic heterocycles. The Morgan fingerprint density at radius 2 is 2.00 bits per heavy atom. The van der Waals surface area contributed by atoms with Gasteiger partial charge in [-0.25, -0.2) is 15.0 Å². The van der Waals surface area contributed by atoms with Crippen LogP contribution in [0.4, 0.5) is 17.3 Å². The van der Waals surface area contributed by atoms with Crippen molar-refractivity contribution in [3.63, 3.8) is 0 Å². The Morgan fingerprint density at radius 1 is 1.21 bits per heavy atom. The van der Waals surface area contributed by atoms with Crippen LogP contribution in [0.5, 0.6) is 0 Å². The van der Waals surface area contributed by atoms with Gasteiger partial charge in [0.25, 0.3) is 0 Å². The molecule has 0 amide bonds. The SMILES string of the molecule is COC/C=C/c1cnc(Nc2cnc(C#N)cn2)cc1NC1CCN(C)CC1. The van der Waals surface area contributed by atoms with E-state index in [1.54, 1.807) is 7.11 Å². The van der Waals surface area contributed by atoms with E-state index < -0.39 is 0 Å². The molecule has 3 heterocycles. The zero-order chi connectivity index (χ0) is 19.8. The molecule has 1 aliphatic rings. The largest absolute Gasteiger partial charge is 0.382 e. The lowest BCUT2D eigenvalue weighted by molar-refractivity contribution is 0.234. The molecule has 0 unspecified atom stereocenters. The fourth-order valence-electron chi connectivity index (χ4n) is 3.02. The van der Waals surface area contributed by atoms with Gasteiger partial charge in [0.2, 0.25) is 0 Å². The van der Waals surface area contributed by atoms with Gasteiger partial charge in [0.1, 0.15) is 17.7 Å². The highest BCUT2D eigenvalue weighted by atomic mass is 16.5. The van der Waals surface area contributed by atoms with Crippen LogP contribution in [0.15, 0.2) is 30.7 Å². The first-order valence-electron chi connectivity index (χ1n) is 9.27. The molecule has 1 aliphatic heterocycles. The van der Waals surface area contributed by atoms with Gasteiger partial charge in [-0.2, -0.15) is 5.26 Å². The Morgan fingerprint density at radius 3 is 2.68 bits per heavy atom. The summed E-state index contributed by atoms with van der Waals surface area (Å²) in [6, 6.07) is 4.36. The number of pyridine rings is 1. The van der Waals surface area contributed by atoms with E-state index in [-0.39, 0.29) is 5.69 Å². The number of hydrogen-bond acceptors (Lipinski definition) is 8. The standard InChI is InChI=1S/C20H25N7O/c1-27-7-5-16(6-8-27)25-18-10-19(23-12-15(18)4-3-9-28-2)26-20-14-22-17(11-21)13-24-20/h3-4,10,12-14,16H,5-9H2,1-2H3,(H2,23,24,25,26)/b4-3+. The second-order valence-electron chi connectivity index (χ2n) is 6.76. The van der Waals surface area contributed by atoms with E-state index in [0.717, 1.165) is 37.2 Å². The van der Waals surface area contributed by atoms with E-state index in [1.807, 2.05) is 30.5 Å². The predicted molar refractivity (Wildman–Crippen MR) is 109 cm³/mol. The lowest BCUT2D eigenvalue weighted by Gasteiger charge is -2.30. The van der Waals surface area contributed by atoms with Crippen molar-refractivity contribution in [1.82, 2.24) is 19.9 Å². The summed E-state index contributed by atoms with van der Waals surface area (Å²) in [5.41, 5.74) is 2.30. The molecule has 0 spiro atoms. The Kier molecular flexibility index (Phi) is 6.89. The van der Waals surface area contributed by atoms with E-state index in [9.17, 15) is 0 Å². The Hall–Kier alpha value is -3.02. The van der Waals surface area contributed by atoms with Crippen molar-refractivity contribution in [2.24, 2.45) is 0 Å². The number of rotatable bonds is 7. The summed E-state index contributed by atoms with van der Waals surface area (Å²) in [6.45, 7) is 2.72. The second kappa shape index (κ2) is 9.78. The number of anilines is 3. The van der Waals surface area contributed by atoms with Gasteiger partial charge in [-0.15, -0.1) is 0 Å². The highest BCUT2D eigenvalue weighted by Crippen LogP contribution is 2.25. The van der Waals surface area contributed by atoms with Crippen LogP contribution in [0, 0.1) is 11.3 Å². The predicted octanol–water partition coefficient (Wildman–Crippen LogP) is 2.65. The summed E-state index contributed by atoms with van der Waals surface area (Å²) in [5.74, 6) is 1.21. The van der Waals surface area contributed by atoms with Crippen molar-refractivity contribution < 1.29 is 4.74 Å². The first-order valence-corrected chi connectivity index (χ1v) is 9.27. The quantitative estimate of drug-likeness (QED) is 0.757. The smallest absolute Gasteiger partial charge is 0.158 e. The number of ether oxygens (including phenoxy) is 1. The van der Waals surface area contributed by atoms with E-state index >= 15 is 0 Å². The fraction of sp³-hybridized carbons (Fsp3) is 0.400. The van der Waals surface area contributed by atoms with E-state index in [0.29, 0.717) is 24.3 Å². The number of likely N-dealkylation sites (tertiary alicyclic amines) is 1. The van der Waals surface area contributed by atoms with Gasteiger partial charge in [0.15, 0.2) is 5.69 Å². The number of methoxy groups -OCH3 is 1. The van der Waals surface area contributed by atoms with Crippen molar-refractivity contribution in [3.05, 3.63) is 42.0 Å². The maximum atomic E-state index is 8.83. The van der Waals surface area contributed by atoms with Crippen LogP contribution >= 0.6 is 0 Å².